The Kier molecular flexibility index (Phi) is 15.1. The van der Waals surface area contributed by atoms with Gasteiger partial charge in [-0.2, -0.15) is 0 Å². The number of amidine groups is 1. The lowest BCUT2D eigenvalue weighted by molar-refractivity contribution is 0.242. The zero-order chi connectivity index (χ0) is 28.8. The van der Waals surface area contributed by atoms with Crippen molar-refractivity contribution in [2.24, 2.45) is 10.7 Å². The molecule has 8 heteroatoms. The number of anilines is 1. The molecule has 1 aliphatic rings. The molecule has 4 rings (SSSR count). The lowest BCUT2D eigenvalue weighted by Gasteiger charge is -2.27. The first kappa shape index (κ1) is 34.1. The molecule has 1 unspecified atom stereocenters. The van der Waals surface area contributed by atoms with Crippen LogP contribution < -0.4 is 20.7 Å². The molecule has 8 nitrogen and oxygen atoms in total. The maximum Gasteiger partial charge on any atom is 0.312 e. The summed E-state index contributed by atoms with van der Waals surface area (Å²) in [6.07, 6.45) is 0.755. The Bertz CT molecular complexity index is 1160. The molecule has 0 spiro atoms. The Morgan fingerprint density at radius 1 is 1.00 bits per heavy atom. The molecule has 0 bridgehead atoms. The number of urea groups is 1. The number of nitrogens with one attached hydrogen (secondary N) is 1. The van der Waals surface area contributed by atoms with E-state index in [1.54, 1.807) is 14.2 Å². The molecule has 1 aliphatic heterocycles. The normalized spacial score (nSPS) is 14.4. The molecule has 2 atom stereocenters. The van der Waals surface area contributed by atoms with Crippen LogP contribution in [0.1, 0.15) is 40.3 Å². The second-order valence-electron chi connectivity index (χ2n) is 9.85. The molecule has 1 heterocycles. The van der Waals surface area contributed by atoms with Crippen molar-refractivity contribution >= 4 is 17.6 Å². The molecule has 3 aromatic carbocycles. The standard InChI is InChI=1S/C22H28N4O2.C8H10.C2H6O.H2O.2H2/c1-15(2)28-19-11-9-18(10-12-19)26-14-16(3)24-21(26)20(25-22(23)27)13-17-7-5-4-6-8-17;1-7-5-3-4-6-8(7)2;1-3-2;;;/h4-12,15-16,20H,13-14H2,1-3H3,(H3,23,25,27);3-6H,1-2H3;1-2H3;1H2;2*1H/t16?,20-;;;;;/m0...../s1. The molecule has 5 N–H and O–H groups in total. The summed E-state index contributed by atoms with van der Waals surface area (Å²) in [6.45, 7) is 11.1. The molecular weight excluding hydrogens is 504 g/mol. The number of aliphatic imine (C=N–C) groups is 1. The summed E-state index contributed by atoms with van der Waals surface area (Å²) in [5.74, 6) is 1.66. The fraction of sp³-hybridized carbons (Fsp3) is 0.375. The van der Waals surface area contributed by atoms with Gasteiger partial charge in [0.25, 0.3) is 0 Å². The summed E-state index contributed by atoms with van der Waals surface area (Å²) in [5.41, 5.74) is 10.3. The van der Waals surface area contributed by atoms with Crippen LogP contribution in [0.15, 0.2) is 83.9 Å². The number of nitrogens with two attached hydrogens (primary N) is 1. The van der Waals surface area contributed by atoms with E-state index in [1.165, 1.54) is 11.1 Å². The molecule has 0 radical (unpaired) electrons. The average molecular weight is 555 g/mol. The van der Waals surface area contributed by atoms with Gasteiger partial charge in [-0.25, -0.2) is 4.79 Å². The number of ether oxygens (including phenoxy) is 2. The van der Waals surface area contributed by atoms with Gasteiger partial charge in [0, 0.05) is 29.3 Å². The molecule has 40 heavy (non-hydrogen) atoms. The number of rotatable bonds is 7. The first-order valence-electron chi connectivity index (χ1n) is 13.3. The first-order chi connectivity index (χ1) is 18.6. The average Bonchev–Trinajstić information content (AvgIpc) is 3.28. The van der Waals surface area contributed by atoms with Gasteiger partial charge < -0.3 is 30.9 Å². The summed E-state index contributed by atoms with van der Waals surface area (Å²) >= 11 is 0. The quantitative estimate of drug-likeness (QED) is 0.395. The molecule has 0 saturated heterocycles. The fourth-order valence-electron chi connectivity index (χ4n) is 4.08. The van der Waals surface area contributed by atoms with Crippen molar-refractivity contribution < 1.29 is 22.6 Å². The third-order valence-corrected chi connectivity index (χ3v) is 5.93. The largest absolute Gasteiger partial charge is 0.491 e. The zero-order valence-corrected chi connectivity index (χ0v) is 24.8. The number of carbonyl (C=O) groups excluding carboxylic acids is 1. The van der Waals surface area contributed by atoms with Gasteiger partial charge in [0.1, 0.15) is 11.6 Å². The predicted molar refractivity (Wildman–Crippen MR) is 170 cm³/mol. The van der Waals surface area contributed by atoms with E-state index in [0.717, 1.165) is 29.4 Å². The Labute approximate surface area is 242 Å². The molecule has 0 fully saturated rings. The number of carbonyl (C=O) groups is 1. The van der Waals surface area contributed by atoms with E-state index in [0.29, 0.717) is 6.42 Å². The van der Waals surface area contributed by atoms with E-state index in [2.05, 4.69) is 60.0 Å². The van der Waals surface area contributed by atoms with Crippen molar-refractivity contribution in [2.45, 2.75) is 59.2 Å². The lowest BCUT2D eigenvalue weighted by atomic mass is 10.0. The van der Waals surface area contributed by atoms with Gasteiger partial charge >= 0.3 is 6.03 Å². The van der Waals surface area contributed by atoms with Crippen LogP contribution in [0.3, 0.4) is 0 Å². The minimum atomic E-state index is -0.552. The maximum atomic E-state index is 11.6. The summed E-state index contributed by atoms with van der Waals surface area (Å²) in [7, 11) is 3.25. The fourth-order valence-corrected chi connectivity index (χ4v) is 4.08. The van der Waals surface area contributed by atoms with E-state index in [-0.39, 0.29) is 26.5 Å². The zero-order valence-electron chi connectivity index (χ0n) is 24.8. The highest BCUT2D eigenvalue weighted by Crippen LogP contribution is 2.25. The van der Waals surface area contributed by atoms with Crippen molar-refractivity contribution in [3.63, 3.8) is 0 Å². The summed E-state index contributed by atoms with van der Waals surface area (Å²) in [4.78, 5) is 18.6. The third kappa shape index (κ3) is 11.5. The van der Waals surface area contributed by atoms with Crippen LogP contribution in [0.2, 0.25) is 0 Å². The van der Waals surface area contributed by atoms with Crippen molar-refractivity contribution in [1.82, 2.24) is 5.32 Å². The molecule has 3 aromatic rings. The predicted octanol–water partition coefficient (Wildman–Crippen LogP) is 5.59. The van der Waals surface area contributed by atoms with Crippen LogP contribution in [0.25, 0.3) is 0 Å². The number of amides is 2. The number of hydrogen-bond donors (Lipinski definition) is 2. The van der Waals surface area contributed by atoms with Gasteiger partial charge in [-0.05, 0) is 82.0 Å². The van der Waals surface area contributed by atoms with Crippen molar-refractivity contribution in [2.75, 3.05) is 25.7 Å². The van der Waals surface area contributed by atoms with E-state index in [4.69, 9.17) is 15.5 Å². The summed E-state index contributed by atoms with van der Waals surface area (Å²) in [5, 5.41) is 2.87. The summed E-state index contributed by atoms with van der Waals surface area (Å²) < 4.78 is 9.99. The number of aryl methyl sites for hydroxylation is 2. The van der Waals surface area contributed by atoms with Gasteiger partial charge in [0.2, 0.25) is 0 Å². The van der Waals surface area contributed by atoms with Gasteiger partial charge in [0.05, 0.1) is 18.2 Å². The Balaban J connectivity index is 0. The molecule has 222 valence electrons. The minimum Gasteiger partial charge on any atom is -0.491 e. The molecule has 0 saturated carbocycles. The Morgan fingerprint density at radius 2 is 1.52 bits per heavy atom. The summed E-state index contributed by atoms with van der Waals surface area (Å²) in [6, 6.07) is 25.6. The number of benzene rings is 3. The van der Waals surface area contributed by atoms with E-state index >= 15 is 0 Å². The van der Waals surface area contributed by atoms with Gasteiger partial charge in [0.15, 0.2) is 0 Å². The minimum absolute atomic E-state index is 0. The number of nitrogens with zero attached hydrogens (tertiary/aromatic N) is 2. The second-order valence-corrected chi connectivity index (χ2v) is 9.85. The smallest absolute Gasteiger partial charge is 0.312 e. The van der Waals surface area contributed by atoms with Crippen LogP contribution in [-0.2, 0) is 11.2 Å². The SMILES string of the molecule is CC1CN(c2ccc(OC(C)C)cc2)C([C@H](Cc2ccccc2)NC(N)=O)=N1.COC.Cc1ccccc1C.O.[HH].[HH]. The van der Waals surface area contributed by atoms with Crippen molar-refractivity contribution in [3.05, 3.63) is 95.6 Å². The maximum absolute atomic E-state index is 11.6. The lowest BCUT2D eigenvalue weighted by Crippen LogP contribution is -2.50. The van der Waals surface area contributed by atoms with Crippen LogP contribution in [0.4, 0.5) is 10.5 Å². The molecular formula is C32H50N4O4. The van der Waals surface area contributed by atoms with Gasteiger partial charge in [-0.3, -0.25) is 4.99 Å². The number of hydrogen-bond acceptors (Lipinski definition) is 5. The number of primary amides is 1. The number of methoxy groups -OCH3 is 1. The van der Waals surface area contributed by atoms with E-state index in [9.17, 15) is 4.79 Å². The molecule has 2 amide bonds. The third-order valence-electron chi connectivity index (χ3n) is 5.93. The van der Waals surface area contributed by atoms with Crippen LogP contribution >= 0.6 is 0 Å². The second kappa shape index (κ2) is 17.7. The Morgan fingerprint density at radius 3 is 2.00 bits per heavy atom. The Hall–Kier alpha value is -3.88. The van der Waals surface area contributed by atoms with Gasteiger partial charge in [-0.1, -0.05) is 54.6 Å². The van der Waals surface area contributed by atoms with E-state index in [1.807, 2.05) is 68.4 Å². The monoisotopic (exact) mass is 554 g/mol. The highest BCUT2D eigenvalue weighted by Gasteiger charge is 2.30. The molecule has 0 aliphatic carbocycles. The van der Waals surface area contributed by atoms with Crippen LogP contribution in [0, 0.1) is 13.8 Å². The molecule has 0 aromatic heterocycles. The van der Waals surface area contributed by atoms with Crippen LogP contribution in [-0.4, -0.2) is 56.3 Å². The van der Waals surface area contributed by atoms with E-state index < -0.39 is 6.03 Å². The van der Waals surface area contributed by atoms with Crippen LogP contribution in [0.5, 0.6) is 5.75 Å². The van der Waals surface area contributed by atoms with Gasteiger partial charge in [-0.15, -0.1) is 0 Å². The topological polar surface area (TPSA) is 121 Å². The first-order valence-corrected chi connectivity index (χ1v) is 13.3. The van der Waals surface area contributed by atoms with Crippen molar-refractivity contribution in [3.8, 4) is 5.75 Å². The van der Waals surface area contributed by atoms with Crippen molar-refractivity contribution in [1.29, 1.82) is 0 Å². The highest BCUT2D eigenvalue weighted by molar-refractivity contribution is 6.04. The highest BCUT2D eigenvalue weighted by atomic mass is 16.5.